The van der Waals surface area contributed by atoms with E-state index in [2.05, 4.69) is 0 Å². The molecule has 1 aliphatic heterocycles. The van der Waals surface area contributed by atoms with Crippen LogP contribution < -0.4 is 0 Å². The summed E-state index contributed by atoms with van der Waals surface area (Å²) in [5.74, 6) is -2.19. The van der Waals surface area contributed by atoms with Crippen molar-refractivity contribution in [2.75, 3.05) is 19.8 Å². The molecule has 0 radical (unpaired) electrons. The van der Waals surface area contributed by atoms with E-state index >= 15 is 0 Å². The molecule has 4 nitrogen and oxygen atoms in total. The zero-order chi connectivity index (χ0) is 19.6. The molecular weight excluding hydrogens is 363 g/mol. The van der Waals surface area contributed by atoms with Gasteiger partial charge < -0.3 is 4.90 Å². The number of likely N-dealkylation sites (N-methyl/N-ethyl adjacent to an activating group) is 1. The standard InChI is InChI=1S/C21H19FN2O2S/c1-24-12-16(13-7-8-17(22)15(9-13)11-23)20(21(24)26)18(25)10-14-5-3-4-6-19(14)27-2/h3-9,16,20H,10,12H2,1-2H3/t16-,20+/m1/s1. The molecule has 1 fully saturated rings. The summed E-state index contributed by atoms with van der Waals surface area (Å²) in [7, 11) is 1.66. The van der Waals surface area contributed by atoms with E-state index < -0.39 is 11.7 Å². The predicted molar refractivity (Wildman–Crippen MR) is 102 cm³/mol. The Balaban J connectivity index is 1.92. The van der Waals surface area contributed by atoms with Crippen LogP contribution in [0.25, 0.3) is 0 Å². The average Bonchev–Trinajstić information content (AvgIpc) is 2.97. The number of likely N-dealkylation sites (tertiary alicyclic amines) is 1. The smallest absolute Gasteiger partial charge is 0.233 e. The van der Waals surface area contributed by atoms with E-state index in [1.54, 1.807) is 24.9 Å². The first kappa shape index (κ1) is 19.1. The number of thioether (sulfide) groups is 1. The van der Waals surface area contributed by atoms with Crippen LogP contribution in [0.5, 0.6) is 0 Å². The van der Waals surface area contributed by atoms with Gasteiger partial charge in [-0.2, -0.15) is 5.26 Å². The maximum Gasteiger partial charge on any atom is 0.233 e. The first-order valence-electron chi connectivity index (χ1n) is 8.55. The number of ketones is 1. The molecule has 0 saturated carbocycles. The van der Waals surface area contributed by atoms with Crippen LogP contribution in [0, 0.1) is 23.1 Å². The van der Waals surface area contributed by atoms with Crippen LogP contribution >= 0.6 is 11.8 Å². The first-order chi connectivity index (χ1) is 13.0. The second-order valence-electron chi connectivity index (χ2n) is 6.61. The second kappa shape index (κ2) is 7.93. The largest absolute Gasteiger partial charge is 0.344 e. The van der Waals surface area contributed by atoms with E-state index in [1.165, 1.54) is 17.0 Å². The van der Waals surface area contributed by atoms with Crippen LogP contribution in [0.1, 0.15) is 22.6 Å². The van der Waals surface area contributed by atoms with Gasteiger partial charge >= 0.3 is 0 Å². The molecule has 138 valence electrons. The van der Waals surface area contributed by atoms with Gasteiger partial charge in [-0.25, -0.2) is 4.39 Å². The number of rotatable bonds is 5. The van der Waals surface area contributed by atoms with Crippen molar-refractivity contribution in [1.29, 1.82) is 5.26 Å². The molecule has 27 heavy (non-hydrogen) atoms. The fourth-order valence-electron chi connectivity index (χ4n) is 3.57. The third-order valence-electron chi connectivity index (χ3n) is 4.96. The Kier molecular flexibility index (Phi) is 5.62. The van der Waals surface area contributed by atoms with Crippen LogP contribution in [0.15, 0.2) is 47.4 Å². The lowest BCUT2D eigenvalue weighted by atomic mass is 9.83. The Labute approximate surface area is 162 Å². The molecule has 2 aromatic rings. The Bertz CT molecular complexity index is 938. The topological polar surface area (TPSA) is 61.2 Å². The van der Waals surface area contributed by atoms with Gasteiger partial charge in [0.15, 0.2) is 0 Å². The van der Waals surface area contributed by atoms with Crippen molar-refractivity contribution in [3.05, 3.63) is 65.0 Å². The van der Waals surface area contributed by atoms with Gasteiger partial charge in [0.05, 0.1) is 5.56 Å². The fraction of sp³-hybridized carbons (Fsp3) is 0.286. The first-order valence-corrected chi connectivity index (χ1v) is 9.78. The quantitative estimate of drug-likeness (QED) is 0.587. The van der Waals surface area contributed by atoms with Gasteiger partial charge in [-0.1, -0.05) is 24.3 Å². The fourth-order valence-corrected chi connectivity index (χ4v) is 4.18. The molecule has 0 N–H and O–H groups in total. The molecule has 0 unspecified atom stereocenters. The summed E-state index contributed by atoms with van der Waals surface area (Å²) < 4.78 is 13.7. The van der Waals surface area contributed by atoms with Gasteiger partial charge in [-0.15, -0.1) is 11.8 Å². The van der Waals surface area contributed by atoms with Crippen molar-refractivity contribution in [2.45, 2.75) is 17.2 Å². The molecule has 2 aromatic carbocycles. The number of halogens is 1. The minimum Gasteiger partial charge on any atom is -0.344 e. The maximum atomic E-state index is 13.7. The number of carbonyl (C=O) groups excluding carboxylic acids is 2. The number of hydrogen-bond donors (Lipinski definition) is 0. The minimum absolute atomic E-state index is 0.0755. The number of nitriles is 1. The number of amides is 1. The molecule has 0 spiro atoms. The van der Waals surface area contributed by atoms with E-state index in [0.717, 1.165) is 10.5 Å². The van der Waals surface area contributed by atoms with Gasteiger partial charge in [-0.3, -0.25) is 9.59 Å². The summed E-state index contributed by atoms with van der Waals surface area (Å²) in [6, 6.07) is 13.7. The van der Waals surface area contributed by atoms with E-state index in [9.17, 15) is 14.0 Å². The molecule has 1 aliphatic rings. The third kappa shape index (κ3) is 3.74. The summed E-state index contributed by atoms with van der Waals surface area (Å²) >= 11 is 1.56. The SMILES string of the molecule is CSc1ccccc1CC(=O)[C@H]1C(=O)N(C)C[C@@H]1c1ccc(F)c(C#N)c1. The summed E-state index contributed by atoms with van der Waals surface area (Å²) in [6.45, 7) is 0.371. The highest BCUT2D eigenvalue weighted by Gasteiger charge is 2.43. The van der Waals surface area contributed by atoms with E-state index in [-0.39, 0.29) is 29.6 Å². The summed E-state index contributed by atoms with van der Waals surface area (Å²) in [5.41, 5.74) is 1.46. The van der Waals surface area contributed by atoms with Crippen molar-refractivity contribution in [3.8, 4) is 6.07 Å². The number of Topliss-reactive ketones (excluding diaryl/α,β-unsaturated/α-hetero) is 1. The predicted octanol–water partition coefficient (Wildman–Crippen LogP) is 3.40. The van der Waals surface area contributed by atoms with Crippen LogP contribution in [0.3, 0.4) is 0 Å². The number of hydrogen-bond acceptors (Lipinski definition) is 4. The molecule has 0 bridgehead atoms. The lowest BCUT2D eigenvalue weighted by Crippen LogP contribution is -2.29. The lowest BCUT2D eigenvalue weighted by molar-refractivity contribution is -0.136. The molecule has 6 heteroatoms. The highest BCUT2D eigenvalue weighted by molar-refractivity contribution is 7.98. The van der Waals surface area contributed by atoms with Crippen molar-refractivity contribution >= 4 is 23.5 Å². The van der Waals surface area contributed by atoms with Gasteiger partial charge in [0, 0.05) is 30.8 Å². The van der Waals surface area contributed by atoms with Gasteiger partial charge in [0.25, 0.3) is 0 Å². The molecule has 1 saturated heterocycles. The van der Waals surface area contributed by atoms with E-state index in [0.29, 0.717) is 12.1 Å². The number of carbonyl (C=O) groups is 2. The van der Waals surface area contributed by atoms with Gasteiger partial charge in [-0.05, 0) is 35.6 Å². The summed E-state index contributed by atoms with van der Waals surface area (Å²) in [5, 5.41) is 9.08. The van der Waals surface area contributed by atoms with E-state index in [4.69, 9.17) is 5.26 Å². The Morgan fingerprint density at radius 1 is 1.33 bits per heavy atom. The molecule has 0 aromatic heterocycles. The normalized spacial score (nSPS) is 19.2. The molecule has 2 atom stereocenters. The molecule has 3 rings (SSSR count). The van der Waals surface area contributed by atoms with E-state index in [1.807, 2.05) is 36.6 Å². The zero-order valence-electron chi connectivity index (χ0n) is 15.1. The number of benzene rings is 2. The molecule has 0 aliphatic carbocycles. The number of nitrogens with zero attached hydrogens (tertiary/aromatic N) is 2. The second-order valence-corrected chi connectivity index (χ2v) is 7.46. The van der Waals surface area contributed by atoms with Crippen molar-refractivity contribution in [3.63, 3.8) is 0 Å². The highest BCUT2D eigenvalue weighted by atomic mass is 32.2. The monoisotopic (exact) mass is 382 g/mol. The average molecular weight is 382 g/mol. The van der Waals surface area contributed by atoms with Gasteiger partial charge in [0.1, 0.15) is 23.6 Å². The van der Waals surface area contributed by atoms with Crippen LogP contribution in [0.2, 0.25) is 0 Å². The Morgan fingerprint density at radius 2 is 2.07 bits per heavy atom. The third-order valence-corrected chi connectivity index (χ3v) is 5.80. The zero-order valence-corrected chi connectivity index (χ0v) is 15.9. The van der Waals surface area contributed by atoms with Crippen LogP contribution in [-0.2, 0) is 16.0 Å². The molecule has 1 heterocycles. The molecule has 1 amide bonds. The summed E-state index contributed by atoms with van der Waals surface area (Å²) in [6.07, 6.45) is 2.12. The lowest BCUT2D eigenvalue weighted by Gasteiger charge is -2.17. The van der Waals surface area contributed by atoms with Crippen LogP contribution in [-0.4, -0.2) is 36.4 Å². The summed E-state index contributed by atoms with van der Waals surface area (Å²) in [4.78, 5) is 28.2. The van der Waals surface area contributed by atoms with Crippen molar-refractivity contribution in [2.24, 2.45) is 5.92 Å². The molecular formula is C21H19FN2O2S. The highest BCUT2D eigenvalue weighted by Crippen LogP contribution is 2.35. The maximum absolute atomic E-state index is 13.7. The van der Waals surface area contributed by atoms with Gasteiger partial charge in [0.2, 0.25) is 5.91 Å². The minimum atomic E-state index is -0.818. The Hall–Kier alpha value is -2.65. The van der Waals surface area contributed by atoms with Crippen molar-refractivity contribution in [1.82, 2.24) is 4.90 Å². The van der Waals surface area contributed by atoms with Crippen LogP contribution in [0.4, 0.5) is 4.39 Å². The van der Waals surface area contributed by atoms with Crippen molar-refractivity contribution < 1.29 is 14.0 Å². The Morgan fingerprint density at radius 3 is 2.78 bits per heavy atom.